The van der Waals surface area contributed by atoms with E-state index in [1.165, 1.54) is 36.9 Å². The Morgan fingerprint density at radius 3 is 2.95 bits per heavy atom. The van der Waals surface area contributed by atoms with Crippen molar-refractivity contribution in [2.75, 3.05) is 6.54 Å². The molecule has 106 valence electrons. The number of rotatable bonds is 4. The summed E-state index contributed by atoms with van der Waals surface area (Å²) in [5.74, 6) is 1.37. The van der Waals surface area contributed by atoms with Gasteiger partial charge in [-0.25, -0.2) is 0 Å². The lowest BCUT2D eigenvalue weighted by atomic mass is 9.78. The van der Waals surface area contributed by atoms with Crippen LogP contribution in [0.5, 0.6) is 0 Å². The van der Waals surface area contributed by atoms with Crippen LogP contribution in [0, 0.1) is 5.92 Å². The van der Waals surface area contributed by atoms with Crippen LogP contribution < -0.4 is 5.32 Å². The van der Waals surface area contributed by atoms with E-state index in [-0.39, 0.29) is 5.54 Å². The van der Waals surface area contributed by atoms with Gasteiger partial charge in [0.25, 0.3) is 0 Å². The molecule has 19 heavy (non-hydrogen) atoms. The highest BCUT2D eigenvalue weighted by atomic mass is 14.9. The van der Waals surface area contributed by atoms with Crippen LogP contribution >= 0.6 is 0 Å². The number of fused-ring (bicyclic) bond motifs is 1. The van der Waals surface area contributed by atoms with Crippen molar-refractivity contribution in [1.29, 1.82) is 0 Å². The number of pyridine rings is 1. The zero-order valence-electron chi connectivity index (χ0n) is 12.9. The summed E-state index contributed by atoms with van der Waals surface area (Å²) in [5.41, 5.74) is 3.08. The maximum atomic E-state index is 4.66. The number of aromatic nitrogens is 1. The second-order valence-corrected chi connectivity index (χ2v) is 6.99. The molecule has 0 saturated heterocycles. The molecule has 0 amide bonds. The van der Waals surface area contributed by atoms with Gasteiger partial charge in [-0.3, -0.25) is 4.98 Å². The summed E-state index contributed by atoms with van der Waals surface area (Å²) in [6.07, 6.45) is 7.03. The van der Waals surface area contributed by atoms with Gasteiger partial charge < -0.3 is 5.32 Å². The van der Waals surface area contributed by atoms with E-state index in [0.717, 1.165) is 6.54 Å². The molecule has 2 rings (SSSR count). The van der Waals surface area contributed by atoms with Crippen molar-refractivity contribution in [1.82, 2.24) is 10.3 Å². The van der Waals surface area contributed by atoms with Crippen molar-refractivity contribution in [3.63, 3.8) is 0 Å². The normalized spacial score (nSPS) is 20.9. The van der Waals surface area contributed by atoms with Gasteiger partial charge in [0.1, 0.15) is 0 Å². The van der Waals surface area contributed by atoms with E-state index in [1.807, 2.05) is 6.20 Å². The van der Waals surface area contributed by atoms with Gasteiger partial charge in [0.15, 0.2) is 0 Å². The van der Waals surface area contributed by atoms with E-state index in [9.17, 15) is 0 Å². The molecule has 1 aromatic heterocycles. The highest BCUT2D eigenvalue weighted by Crippen LogP contribution is 2.36. The predicted octanol–water partition coefficient (Wildman–Crippen LogP) is 3.92. The van der Waals surface area contributed by atoms with Gasteiger partial charge in [-0.1, -0.05) is 13.0 Å². The molecular weight excluding hydrogens is 232 g/mol. The molecule has 1 N–H and O–H groups in total. The molecular formula is C17H28N2. The Hall–Kier alpha value is -0.890. The monoisotopic (exact) mass is 260 g/mol. The van der Waals surface area contributed by atoms with Gasteiger partial charge in [0.05, 0.1) is 0 Å². The molecule has 2 atom stereocenters. The third-order valence-electron chi connectivity index (χ3n) is 4.18. The average molecular weight is 260 g/mol. The van der Waals surface area contributed by atoms with Crippen LogP contribution in [0.3, 0.4) is 0 Å². The Balaban J connectivity index is 1.95. The summed E-state index contributed by atoms with van der Waals surface area (Å²) >= 11 is 0. The Bertz CT molecular complexity index is 406. The molecule has 0 spiro atoms. The SMILES string of the molecule is CC(CCNC(C)(C)C)C1CCCc2cccnc21. The summed E-state index contributed by atoms with van der Waals surface area (Å²) in [6.45, 7) is 10.2. The fourth-order valence-corrected chi connectivity index (χ4v) is 3.08. The van der Waals surface area contributed by atoms with Gasteiger partial charge in [-0.2, -0.15) is 0 Å². The fraction of sp³-hybridized carbons (Fsp3) is 0.706. The second-order valence-electron chi connectivity index (χ2n) is 6.99. The summed E-state index contributed by atoms with van der Waals surface area (Å²) < 4.78 is 0. The van der Waals surface area contributed by atoms with Crippen LogP contribution in [0.2, 0.25) is 0 Å². The Morgan fingerprint density at radius 2 is 2.21 bits per heavy atom. The maximum absolute atomic E-state index is 4.66. The van der Waals surface area contributed by atoms with Crippen LogP contribution in [-0.2, 0) is 6.42 Å². The van der Waals surface area contributed by atoms with Gasteiger partial charge in [-0.15, -0.1) is 0 Å². The lowest BCUT2D eigenvalue weighted by molar-refractivity contribution is 0.342. The molecule has 0 radical (unpaired) electrons. The third kappa shape index (κ3) is 4.04. The Labute approximate surface area is 118 Å². The molecule has 2 unspecified atom stereocenters. The smallest absolute Gasteiger partial charge is 0.0469 e. The van der Waals surface area contributed by atoms with Crippen molar-refractivity contribution in [2.24, 2.45) is 5.92 Å². The minimum atomic E-state index is 0.225. The first-order valence-corrected chi connectivity index (χ1v) is 7.66. The number of nitrogens with zero attached hydrogens (tertiary/aromatic N) is 1. The first kappa shape index (κ1) is 14.5. The van der Waals surface area contributed by atoms with E-state index in [0.29, 0.717) is 11.8 Å². The number of hydrogen-bond donors (Lipinski definition) is 1. The minimum absolute atomic E-state index is 0.225. The molecule has 0 saturated carbocycles. The van der Waals surface area contributed by atoms with E-state index >= 15 is 0 Å². The molecule has 1 aromatic rings. The van der Waals surface area contributed by atoms with E-state index in [4.69, 9.17) is 0 Å². The van der Waals surface area contributed by atoms with Crippen LogP contribution in [0.25, 0.3) is 0 Å². The Morgan fingerprint density at radius 1 is 1.42 bits per heavy atom. The van der Waals surface area contributed by atoms with E-state index in [1.54, 1.807) is 0 Å². The van der Waals surface area contributed by atoms with Crippen LogP contribution in [0.4, 0.5) is 0 Å². The first-order valence-electron chi connectivity index (χ1n) is 7.66. The summed E-state index contributed by atoms with van der Waals surface area (Å²) in [6, 6.07) is 4.33. The standard InChI is InChI=1S/C17H28N2/c1-13(10-12-19-17(2,3)4)15-9-5-7-14-8-6-11-18-16(14)15/h6,8,11,13,15,19H,5,7,9-10,12H2,1-4H3. The molecule has 2 heteroatoms. The van der Waals surface area contributed by atoms with Crippen molar-refractivity contribution in [3.8, 4) is 0 Å². The number of aryl methyl sites for hydroxylation is 1. The average Bonchev–Trinajstić information content (AvgIpc) is 2.36. The molecule has 0 fully saturated rings. The van der Waals surface area contributed by atoms with Gasteiger partial charge in [0.2, 0.25) is 0 Å². The first-order chi connectivity index (χ1) is 8.97. The van der Waals surface area contributed by atoms with Gasteiger partial charge in [-0.05, 0) is 70.5 Å². The molecule has 1 aliphatic rings. The largest absolute Gasteiger partial charge is 0.312 e. The molecule has 0 bridgehead atoms. The summed E-state index contributed by atoms with van der Waals surface area (Å²) in [7, 11) is 0. The lowest BCUT2D eigenvalue weighted by Crippen LogP contribution is -2.37. The quantitative estimate of drug-likeness (QED) is 0.887. The van der Waals surface area contributed by atoms with Gasteiger partial charge in [0, 0.05) is 23.3 Å². The molecule has 1 aliphatic carbocycles. The predicted molar refractivity (Wildman–Crippen MR) is 81.5 cm³/mol. The number of hydrogen-bond acceptors (Lipinski definition) is 2. The fourth-order valence-electron chi connectivity index (χ4n) is 3.08. The highest BCUT2D eigenvalue weighted by Gasteiger charge is 2.26. The van der Waals surface area contributed by atoms with E-state index in [2.05, 4.69) is 50.1 Å². The van der Waals surface area contributed by atoms with Crippen molar-refractivity contribution < 1.29 is 0 Å². The van der Waals surface area contributed by atoms with Crippen molar-refractivity contribution in [3.05, 3.63) is 29.6 Å². The number of nitrogens with one attached hydrogen (secondary N) is 1. The lowest BCUT2D eigenvalue weighted by Gasteiger charge is -2.30. The third-order valence-corrected chi connectivity index (χ3v) is 4.18. The zero-order valence-corrected chi connectivity index (χ0v) is 12.9. The molecule has 2 nitrogen and oxygen atoms in total. The molecule has 1 heterocycles. The van der Waals surface area contributed by atoms with Crippen LogP contribution in [0.15, 0.2) is 18.3 Å². The van der Waals surface area contributed by atoms with Gasteiger partial charge >= 0.3 is 0 Å². The van der Waals surface area contributed by atoms with E-state index < -0.39 is 0 Å². The maximum Gasteiger partial charge on any atom is 0.0469 e. The Kier molecular flexibility index (Phi) is 4.62. The van der Waals surface area contributed by atoms with Crippen LogP contribution in [0.1, 0.15) is 64.1 Å². The second kappa shape index (κ2) is 6.04. The zero-order chi connectivity index (χ0) is 13.9. The molecule has 0 aliphatic heterocycles. The summed E-state index contributed by atoms with van der Waals surface area (Å²) in [4.78, 5) is 4.66. The van der Waals surface area contributed by atoms with Crippen molar-refractivity contribution in [2.45, 2.75) is 64.8 Å². The highest BCUT2D eigenvalue weighted by molar-refractivity contribution is 5.26. The topological polar surface area (TPSA) is 24.9 Å². The summed E-state index contributed by atoms with van der Waals surface area (Å²) in [5, 5.41) is 3.60. The molecule has 0 aromatic carbocycles. The van der Waals surface area contributed by atoms with Crippen molar-refractivity contribution >= 4 is 0 Å². The minimum Gasteiger partial charge on any atom is -0.312 e. The van der Waals surface area contributed by atoms with Crippen LogP contribution in [-0.4, -0.2) is 17.1 Å².